The second kappa shape index (κ2) is 6.26. The van der Waals surface area contributed by atoms with Gasteiger partial charge in [-0.1, -0.05) is 19.4 Å². The zero-order chi connectivity index (χ0) is 16.5. The Morgan fingerprint density at radius 2 is 1.77 bits per heavy atom. The molecule has 1 saturated heterocycles. The summed E-state index contributed by atoms with van der Waals surface area (Å²) in [7, 11) is 1.55. The lowest BCUT2D eigenvalue weighted by Crippen LogP contribution is -2.44. The van der Waals surface area contributed by atoms with E-state index in [2.05, 4.69) is 11.6 Å². The van der Waals surface area contributed by atoms with Gasteiger partial charge in [0.15, 0.2) is 11.7 Å². The third kappa shape index (κ3) is 3.42. The van der Waals surface area contributed by atoms with E-state index in [-0.39, 0.29) is 24.0 Å². The molecule has 124 valence electrons. The Morgan fingerprint density at radius 1 is 1.23 bits per heavy atom. The lowest BCUT2D eigenvalue weighted by molar-refractivity contribution is 0.0195. The molecule has 1 aliphatic carbocycles. The van der Waals surface area contributed by atoms with Crippen LogP contribution in [0, 0.1) is 0 Å². The van der Waals surface area contributed by atoms with Crippen molar-refractivity contribution in [3.8, 4) is 0 Å². The fourth-order valence-corrected chi connectivity index (χ4v) is 3.34. The molecule has 1 saturated carbocycles. The third-order valence-electron chi connectivity index (χ3n) is 4.15. The quantitative estimate of drug-likeness (QED) is 0.551. The summed E-state index contributed by atoms with van der Waals surface area (Å²) in [6.07, 6.45) is 3.65. The Bertz CT molecular complexity index is 484. The van der Waals surface area contributed by atoms with E-state index in [1.165, 1.54) is 0 Å². The van der Waals surface area contributed by atoms with Crippen LogP contribution >= 0.6 is 0 Å². The molecule has 1 heterocycles. The first-order valence-corrected chi connectivity index (χ1v) is 7.82. The lowest BCUT2D eigenvalue weighted by Gasteiger charge is -2.33. The Kier molecular flexibility index (Phi) is 4.78. The number of fused-ring (bicyclic) bond motifs is 1. The molecule has 22 heavy (non-hydrogen) atoms. The summed E-state index contributed by atoms with van der Waals surface area (Å²) >= 11 is 0. The van der Waals surface area contributed by atoms with Crippen molar-refractivity contribution in [3.63, 3.8) is 0 Å². The average molecular weight is 311 g/mol. The van der Waals surface area contributed by atoms with Crippen molar-refractivity contribution >= 4 is 11.9 Å². The van der Waals surface area contributed by atoms with E-state index in [0.29, 0.717) is 6.67 Å². The molecule has 5 nitrogen and oxygen atoms in total. The number of aliphatic imine (C=N–C) groups is 1. The van der Waals surface area contributed by atoms with Crippen LogP contribution in [0.1, 0.15) is 46.5 Å². The number of nitrogens with zero attached hydrogens (tertiary/aromatic N) is 3. The van der Waals surface area contributed by atoms with Gasteiger partial charge in [0, 0.05) is 7.05 Å². The van der Waals surface area contributed by atoms with Gasteiger partial charge in [0.05, 0.1) is 18.8 Å². The van der Waals surface area contributed by atoms with Gasteiger partial charge in [-0.2, -0.15) is 0 Å². The monoisotopic (exact) mass is 311 g/mol. The zero-order valence-electron chi connectivity index (χ0n) is 13.9. The first-order chi connectivity index (χ1) is 10.2. The number of amidine groups is 1. The number of carbonyl (C=O) groups excluding carboxylic acids is 1. The number of hydrogen-bond acceptors (Lipinski definition) is 3. The number of carbonyl (C=O) groups is 1. The molecule has 1 amide bonds. The minimum Gasteiger partial charge on any atom is -0.444 e. The molecule has 1 aliphatic heterocycles. The summed E-state index contributed by atoms with van der Waals surface area (Å²) in [5.41, 5.74) is -0.542. The molecule has 2 atom stereocenters. The van der Waals surface area contributed by atoms with E-state index in [1.807, 2.05) is 25.7 Å². The van der Waals surface area contributed by atoms with Crippen LogP contribution < -0.4 is 0 Å². The van der Waals surface area contributed by atoms with Crippen LogP contribution in [-0.4, -0.2) is 53.1 Å². The van der Waals surface area contributed by atoms with Crippen molar-refractivity contribution in [1.29, 1.82) is 0 Å². The van der Waals surface area contributed by atoms with Gasteiger partial charge in [0.1, 0.15) is 5.60 Å². The topological polar surface area (TPSA) is 45.1 Å². The van der Waals surface area contributed by atoms with Crippen molar-refractivity contribution in [2.45, 2.75) is 64.1 Å². The first-order valence-electron chi connectivity index (χ1n) is 7.82. The lowest BCUT2D eigenvalue weighted by atomic mass is 9.90. The van der Waals surface area contributed by atoms with Crippen LogP contribution in [0.3, 0.4) is 0 Å². The molecule has 0 aromatic carbocycles. The minimum atomic E-state index is -0.558. The highest BCUT2D eigenvalue weighted by Gasteiger charge is 2.46. The van der Waals surface area contributed by atoms with Gasteiger partial charge in [0.25, 0.3) is 0 Å². The van der Waals surface area contributed by atoms with Gasteiger partial charge < -0.3 is 9.64 Å². The van der Waals surface area contributed by atoms with Gasteiger partial charge >= 0.3 is 6.09 Å². The molecule has 6 heteroatoms. The standard InChI is InChI=1S/C16H26FN3O2/c1-11(17)14(18-5)19-10-20(15(21)22-16(2,3)4)13-9-7-6-8-12(13)19/h12-13H,1,6-10H2,2-5H3/b18-14+/t12-,13+/m1/s1. The Hall–Kier alpha value is -1.59. The van der Waals surface area contributed by atoms with E-state index in [0.717, 1.165) is 25.7 Å². The van der Waals surface area contributed by atoms with E-state index < -0.39 is 11.4 Å². The van der Waals surface area contributed by atoms with E-state index in [9.17, 15) is 9.18 Å². The Morgan fingerprint density at radius 3 is 2.23 bits per heavy atom. The van der Waals surface area contributed by atoms with Crippen molar-refractivity contribution in [2.75, 3.05) is 13.7 Å². The molecular weight excluding hydrogens is 285 g/mol. The van der Waals surface area contributed by atoms with Crippen LogP contribution in [0.15, 0.2) is 17.4 Å². The molecule has 0 radical (unpaired) electrons. The summed E-state index contributed by atoms with van der Waals surface area (Å²) in [6, 6.07) is 0.146. The molecule has 0 aromatic rings. The number of halogens is 1. The molecular formula is C16H26FN3O2. The predicted molar refractivity (Wildman–Crippen MR) is 84.4 cm³/mol. The normalized spacial score (nSPS) is 26.0. The van der Waals surface area contributed by atoms with Crippen molar-refractivity contribution in [3.05, 3.63) is 12.4 Å². The molecule has 2 aliphatic rings. The van der Waals surface area contributed by atoms with E-state index >= 15 is 0 Å². The number of rotatable bonds is 1. The van der Waals surface area contributed by atoms with Crippen molar-refractivity contribution in [2.24, 2.45) is 4.99 Å². The molecule has 0 N–H and O–H groups in total. The Balaban J connectivity index is 2.22. The van der Waals surface area contributed by atoms with Crippen LogP contribution in [-0.2, 0) is 4.74 Å². The van der Waals surface area contributed by atoms with Gasteiger partial charge in [-0.15, -0.1) is 0 Å². The smallest absolute Gasteiger partial charge is 0.412 e. The molecule has 0 aromatic heterocycles. The SMILES string of the molecule is C=C(F)/C(=N\C)N1CN(C(=O)OC(C)(C)C)[C@H]2CCCC[C@H]21. The molecule has 2 rings (SSSR count). The molecule has 0 spiro atoms. The van der Waals surface area contributed by atoms with E-state index in [4.69, 9.17) is 4.74 Å². The highest BCUT2D eigenvalue weighted by atomic mass is 19.1. The summed E-state index contributed by atoms with van der Waals surface area (Å²) in [5.74, 6) is -0.319. The van der Waals surface area contributed by atoms with Gasteiger partial charge in [-0.25, -0.2) is 9.18 Å². The van der Waals surface area contributed by atoms with Crippen molar-refractivity contribution < 1.29 is 13.9 Å². The van der Waals surface area contributed by atoms with Crippen LogP contribution in [0.5, 0.6) is 0 Å². The fraction of sp³-hybridized carbons (Fsp3) is 0.750. The van der Waals surface area contributed by atoms with E-state index in [1.54, 1.807) is 11.9 Å². The molecule has 0 bridgehead atoms. The maximum absolute atomic E-state index is 13.7. The number of amides is 1. The highest BCUT2D eigenvalue weighted by molar-refractivity contribution is 5.96. The largest absolute Gasteiger partial charge is 0.444 e. The predicted octanol–water partition coefficient (Wildman–Crippen LogP) is 3.32. The van der Waals surface area contributed by atoms with Crippen LogP contribution in [0.25, 0.3) is 0 Å². The van der Waals surface area contributed by atoms with Gasteiger partial charge in [-0.05, 0) is 33.6 Å². The van der Waals surface area contributed by atoms with Crippen molar-refractivity contribution in [1.82, 2.24) is 9.80 Å². The molecule has 2 fully saturated rings. The van der Waals surface area contributed by atoms with Crippen LogP contribution in [0.4, 0.5) is 9.18 Å². The zero-order valence-corrected chi connectivity index (χ0v) is 13.9. The number of ether oxygens (including phenoxy) is 1. The van der Waals surface area contributed by atoms with Gasteiger partial charge in [-0.3, -0.25) is 9.89 Å². The Labute approximate surface area is 131 Å². The fourth-order valence-electron chi connectivity index (χ4n) is 3.34. The van der Waals surface area contributed by atoms with Crippen LogP contribution in [0.2, 0.25) is 0 Å². The number of hydrogen-bond donors (Lipinski definition) is 0. The highest BCUT2D eigenvalue weighted by Crippen LogP contribution is 2.34. The average Bonchev–Trinajstić information content (AvgIpc) is 2.77. The first kappa shape index (κ1) is 16.8. The van der Waals surface area contributed by atoms with Gasteiger partial charge in [0.2, 0.25) is 0 Å². The second-order valence-electron chi connectivity index (χ2n) is 6.93. The summed E-state index contributed by atoms with van der Waals surface area (Å²) in [6.45, 7) is 9.21. The summed E-state index contributed by atoms with van der Waals surface area (Å²) in [4.78, 5) is 20.1. The molecule has 0 unspecified atom stereocenters. The minimum absolute atomic E-state index is 0.0553. The summed E-state index contributed by atoms with van der Waals surface area (Å²) in [5, 5.41) is 0. The maximum atomic E-state index is 13.7. The third-order valence-corrected chi connectivity index (χ3v) is 4.15. The maximum Gasteiger partial charge on any atom is 0.412 e. The summed E-state index contributed by atoms with van der Waals surface area (Å²) < 4.78 is 19.2. The second-order valence-corrected chi connectivity index (χ2v) is 6.93.